The van der Waals surface area contributed by atoms with Gasteiger partial charge in [-0.2, -0.15) is 0 Å². The Morgan fingerprint density at radius 1 is 1.15 bits per heavy atom. The zero-order valence-electron chi connectivity index (χ0n) is 10.7. The maximum absolute atomic E-state index is 13.2. The van der Waals surface area contributed by atoms with Gasteiger partial charge in [-0.3, -0.25) is 0 Å². The minimum Gasteiger partial charge on any atom is -0.489 e. The molecule has 0 bridgehead atoms. The summed E-state index contributed by atoms with van der Waals surface area (Å²) in [7, 11) is 0. The van der Waals surface area contributed by atoms with Crippen LogP contribution < -0.4 is 4.74 Å². The molecule has 2 nitrogen and oxygen atoms in total. The monoisotopic (exact) mass is 342 g/mol. The molecule has 0 saturated heterocycles. The molecule has 0 amide bonds. The van der Waals surface area contributed by atoms with E-state index in [2.05, 4.69) is 15.9 Å². The van der Waals surface area contributed by atoms with Crippen molar-refractivity contribution in [3.05, 3.63) is 63.6 Å². The van der Waals surface area contributed by atoms with Crippen molar-refractivity contribution in [1.29, 1.82) is 0 Å². The van der Waals surface area contributed by atoms with E-state index in [9.17, 15) is 13.9 Å². The average molecular weight is 343 g/mol. The summed E-state index contributed by atoms with van der Waals surface area (Å²) in [6, 6.07) is 8.36. The molecule has 0 radical (unpaired) electrons. The van der Waals surface area contributed by atoms with Gasteiger partial charge < -0.3 is 9.84 Å². The van der Waals surface area contributed by atoms with Crippen LogP contribution in [0.2, 0.25) is 0 Å². The van der Waals surface area contributed by atoms with Gasteiger partial charge in [-0.25, -0.2) is 8.78 Å². The molecule has 0 saturated carbocycles. The minimum atomic E-state index is -0.847. The Morgan fingerprint density at radius 3 is 2.55 bits per heavy atom. The maximum Gasteiger partial charge on any atom is 0.125 e. The smallest absolute Gasteiger partial charge is 0.125 e. The van der Waals surface area contributed by atoms with Crippen LogP contribution in [0.25, 0.3) is 0 Å². The molecule has 106 valence electrons. The van der Waals surface area contributed by atoms with Gasteiger partial charge in [0, 0.05) is 10.0 Å². The van der Waals surface area contributed by atoms with Crippen molar-refractivity contribution < 1.29 is 18.6 Å². The molecule has 0 fully saturated rings. The molecular formula is C15H13BrF2O2. The second kappa shape index (κ2) is 6.33. The quantitative estimate of drug-likeness (QED) is 0.894. The number of aliphatic hydroxyl groups excluding tert-OH is 1. The summed E-state index contributed by atoms with van der Waals surface area (Å²) in [5, 5.41) is 9.60. The number of benzene rings is 2. The number of aliphatic hydroxyl groups is 1. The molecule has 0 aliphatic heterocycles. The molecule has 0 aromatic heterocycles. The van der Waals surface area contributed by atoms with Gasteiger partial charge >= 0.3 is 0 Å². The van der Waals surface area contributed by atoms with E-state index in [1.54, 1.807) is 6.07 Å². The predicted octanol–water partition coefficient (Wildman–Crippen LogP) is 4.36. The third kappa shape index (κ3) is 3.77. The molecule has 20 heavy (non-hydrogen) atoms. The van der Waals surface area contributed by atoms with Crippen LogP contribution >= 0.6 is 15.9 Å². The van der Waals surface area contributed by atoms with E-state index in [1.165, 1.54) is 37.3 Å². The van der Waals surface area contributed by atoms with Crippen molar-refractivity contribution in [3.8, 4) is 5.75 Å². The van der Waals surface area contributed by atoms with Crippen molar-refractivity contribution >= 4 is 15.9 Å². The Morgan fingerprint density at radius 2 is 1.90 bits per heavy atom. The zero-order chi connectivity index (χ0) is 14.7. The third-order valence-corrected chi connectivity index (χ3v) is 3.20. The van der Waals surface area contributed by atoms with Gasteiger partial charge in [0.25, 0.3) is 0 Å². The summed E-state index contributed by atoms with van der Waals surface area (Å²) >= 11 is 3.20. The summed E-state index contributed by atoms with van der Waals surface area (Å²) in [5.74, 6) is -0.434. The van der Waals surface area contributed by atoms with Crippen LogP contribution in [0.4, 0.5) is 8.78 Å². The van der Waals surface area contributed by atoms with Crippen LogP contribution in [-0.2, 0) is 6.61 Å². The van der Waals surface area contributed by atoms with Crippen molar-refractivity contribution in [2.45, 2.75) is 19.6 Å². The molecule has 1 N–H and O–H groups in total. The molecule has 2 aromatic rings. The van der Waals surface area contributed by atoms with Crippen molar-refractivity contribution in [3.63, 3.8) is 0 Å². The third-order valence-electron chi connectivity index (χ3n) is 2.74. The number of ether oxygens (including phenoxy) is 1. The van der Waals surface area contributed by atoms with Gasteiger partial charge in [0.2, 0.25) is 0 Å². The minimum absolute atomic E-state index is 0.127. The molecular weight excluding hydrogens is 330 g/mol. The fourth-order valence-electron chi connectivity index (χ4n) is 1.83. The lowest BCUT2D eigenvalue weighted by Gasteiger charge is -2.13. The second-order valence-corrected chi connectivity index (χ2v) is 5.34. The molecule has 2 rings (SSSR count). The molecule has 0 unspecified atom stereocenters. The molecule has 1 atom stereocenters. The van der Waals surface area contributed by atoms with E-state index in [0.29, 0.717) is 21.3 Å². The highest BCUT2D eigenvalue weighted by Gasteiger charge is 2.11. The fourth-order valence-corrected chi connectivity index (χ4v) is 2.35. The summed E-state index contributed by atoms with van der Waals surface area (Å²) < 4.78 is 32.5. The molecule has 0 aliphatic rings. The van der Waals surface area contributed by atoms with Gasteiger partial charge in [0.1, 0.15) is 24.0 Å². The van der Waals surface area contributed by atoms with Crippen LogP contribution in [0, 0.1) is 11.6 Å². The molecule has 2 aromatic carbocycles. The lowest BCUT2D eigenvalue weighted by Crippen LogP contribution is -2.02. The standard InChI is InChI=1S/C15H13BrF2O2/c1-9(19)14-7-12(17)2-3-15(14)20-8-10-4-11(16)6-13(18)5-10/h2-7,9,19H,8H2,1H3/t9-/m1/s1. The second-order valence-electron chi connectivity index (χ2n) is 4.42. The van der Waals surface area contributed by atoms with Crippen LogP contribution in [0.3, 0.4) is 0 Å². The number of hydrogen-bond donors (Lipinski definition) is 1. The number of halogens is 3. The summed E-state index contributed by atoms with van der Waals surface area (Å²) in [6.07, 6.45) is -0.847. The average Bonchev–Trinajstić information content (AvgIpc) is 2.36. The normalized spacial score (nSPS) is 12.2. The largest absolute Gasteiger partial charge is 0.489 e. The number of hydrogen-bond acceptors (Lipinski definition) is 2. The Labute approximate surface area is 124 Å². The van der Waals surface area contributed by atoms with Crippen LogP contribution in [-0.4, -0.2) is 5.11 Å². The van der Waals surface area contributed by atoms with Crippen molar-refractivity contribution in [2.75, 3.05) is 0 Å². The zero-order valence-corrected chi connectivity index (χ0v) is 12.3. The first kappa shape index (κ1) is 14.9. The molecule has 0 heterocycles. The van der Waals surface area contributed by atoms with E-state index in [1.807, 2.05) is 0 Å². The van der Waals surface area contributed by atoms with Crippen LogP contribution in [0.15, 0.2) is 40.9 Å². The predicted molar refractivity (Wildman–Crippen MR) is 75.5 cm³/mol. The highest BCUT2D eigenvalue weighted by molar-refractivity contribution is 9.10. The van der Waals surface area contributed by atoms with Crippen LogP contribution in [0.1, 0.15) is 24.2 Å². The van der Waals surface area contributed by atoms with Gasteiger partial charge in [-0.1, -0.05) is 15.9 Å². The Balaban J connectivity index is 2.18. The van der Waals surface area contributed by atoms with Crippen molar-refractivity contribution in [2.24, 2.45) is 0 Å². The first-order chi connectivity index (χ1) is 9.45. The summed E-state index contributed by atoms with van der Waals surface area (Å²) in [5.41, 5.74) is 0.998. The Hall–Kier alpha value is -1.46. The van der Waals surface area contributed by atoms with E-state index < -0.39 is 11.9 Å². The molecule has 0 spiro atoms. The van der Waals surface area contributed by atoms with Gasteiger partial charge in [-0.15, -0.1) is 0 Å². The Kier molecular flexibility index (Phi) is 4.73. The topological polar surface area (TPSA) is 29.5 Å². The van der Waals surface area contributed by atoms with E-state index in [-0.39, 0.29) is 12.4 Å². The van der Waals surface area contributed by atoms with E-state index >= 15 is 0 Å². The highest BCUT2D eigenvalue weighted by Crippen LogP contribution is 2.27. The van der Waals surface area contributed by atoms with Crippen LogP contribution in [0.5, 0.6) is 5.75 Å². The molecule has 0 aliphatic carbocycles. The SMILES string of the molecule is C[C@@H](O)c1cc(F)ccc1OCc1cc(F)cc(Br)c1. The summed E-state index contributed by atoms with van der Waals surface area (Å²) in [6.45, 7) is 1.65. The summed E-state index contributed by atoms with van der Waals surface area (Å²) in [4.78, 5) is 0. The van der Waals surface area contributed by atoms with Crippen molar-refractivity contribution in [1.82, 2.24) is 0 Å². The highest BCUT2D eigenvalue weighted by atomic mass is 79.9. The molecule has 5 heteroatoms. The first-order valence-corrected chi connectivity index (χ1v) is 6.80. The lowest BCUT2D eigenvalue weighted by molar-refractivity contribution is 0.189. The lowest BCUT2D eigenvalue weighted by atomic mass is 10.1. The fraction of sp³-hybridized carbons (Fsp3) is 0.200. The van der Waals surface area contributed by atoms with Gasteiger partial charge in [-0.05, 0) is 48.9 Å². The first-order valence-electron chi connectivity index (χ1n) is 6.01. The van der Waals surface area contributed by atoms with E-state index in [0.717, 1.165) is 0 Å². The maximum atomic E-state index is 13.2. The van der Waals surface area contributed by atoms with Gasteiger partial charge in [0.15, 0.2) is 0 Å². The van der Waals surface area contributed by atoms with E-state index in [4.69, 9.17) is 4.74 Å². The Bertz CT molecular complexity index is 595. The van der Waals surface area contributed by atoms with Gasteiger partial charge in [0.05, 0.1) is 6.10 Å². The number of rotatable bonds is 4.